The molecule has 3 nitrogen and oxygen atoms in total. The zero-order valence-electron chi connectivity index (χ0n) is 18.4. The summed E-state index contributed by atoms with van der Waals surface area (Å²) in [7, 11) is 0. The Morgan fingerprint density at radius 2 is 1.64 bits per heavy atom. The molecule has 4 saturated carbocycles. The van der Waals surface area contributed by atoms with E-state index in [1.54, 1.807) is 0 Å². The normalized spacial score (nSPS) is 48.9. The van der Waals surface area contributed by atoms with Crippen LogP contribution < -0.4 is 0 Å². The fourth-order valence-corrected chi connectivity index (χ4v) is 9.03. The third-order valence-electron chi connectivity index (χ3n) is 10.5. The van der Waals surface area contributed by atoms with Gasteiger partial charge in [0.15, 0.2) is 0 Å². The van der Waals surface area contributed by atoms with Gasteiger partial charge in [-0.1, -0.05) is 20.8 Å². The summed E-state index contributed by atoms with van der Waals surface area (Å²) in [6, 6.07) is 0. The minimum Gasteiger partial charge on any atom is -0.481 e. The van der Waals surface area contributed by atoms with Crippen LogP contribution in [-0.2, 0) is 9.59 Å². The van der Waals surface area contributed by atoms with E-state index in [4.69, 9.17) is 0 Å². The number of rotatable bonds is 4. The van der Waals surface area contributed by atoms with Crippen molar-refractivity contribution >= 4 is 11.8 Å². The van der Waals surface area contributed by atoms with Crippen LogP contribution in [0.15, 0.2) is 0 Å². The molecule has 9 atom stereocenters. The zero-order valence-corrected chi connectivity index (χ0v) is 18.4. The summed E-state index contributed by atoms with van der Waals surface area (Å²) in [5, 5.41) is 9.65. The van der Waals surface area contributed by atoms with Crippen molar-refractivity contribution in [1.29, 1.82) is 0 Å². The lowest BCUT2D eigenvalue weighted by Gasteiger charge is -2.61. The molecule has 0 bridgehead atoms. The SMILES string of the molecule is CCC(C(=O)O)[C@H]1CC[C@@]2(C)[C@H](CC[C@@H]3[C@@H]2CC[C@]2(C)[C@@H](C(C)=O)CC[C@@H]32)C1. The predicted molar refractivity (Wildman–Crippen MR) is 111 cm³/mol. The number of carboxylic acid groups (broad SMARTS) is 1. The van der Waals surface area contributed by atoms with Crippen molar-refractivity contribution in [2.75, 3.05) is 0 Å². The lowest BCUT2D eigenvalue weighted by Crippen LogP contribution is -2.54. The summed E-state index contributed by atoms with van der Waals surface area (Å²) in [6.07, 6.45) is 11.7. The maximum absolute atomic E-state index is 12.3. The van der Waals surface area contributed by atoms with Crippen LogP contribution in [-0.4, -0.2) is 16.9 Å². The molecular formula is C25H40O3. The van der Waals surface area contributed by atoms with Crippen molar-refractivity contribution in [3.8, 4) is 0 Å². The van der Waals surface area contributed by atoms with E-state index in [0.717, 1.165) is 43.4 Å². The molecular weight excluding hydrogens is 348 g/mol. The molecule has 158 valence electrons. The first-order chi connectivity index (χ1) is 13.2. The Kier molecular flexibility index (Phi) is 5.20. The van der Waals surface area contributed by atoms with Gasteiger partial charge in [-0.2, -0.15) is 0 Å². The van der Waals surface area contributed by atoms with E-state index in [1.807, 2.05) is 13.8 Å². The van der Waals surface area contributed by atoms with Crippen molar-refractivity contribution in [1.82, 2.24) is 0 Å². The molecule has 0 aliphatic heterocycles. The lowest BCUT2D eigenvalue weighted by atomic mass is 9.44. The Bertz CT molecular complexity index is 642. The van der Waals surface area contributed by atoms with Gasteiger partial charge in [-0.15, -0.1) is 0 Å². The quantitative estimate of drug-likeness (QED) is 0.646. The van der Waals surface area contributed by atoms with E-state index in [1.165, 1.54) is 38.5 Å². The van der Waals surface area contributed by atoms with Gasteiger partial charge in [-0.3, -0.25) is 9.59 Å². The summed E-state index contributed by atoms with van der Waals surface area (Å²) >= 11 is 0. The highest BCUT2D eigenvalue weighted by atomic mass is 16.4. The topological polar surface area (TPSA) is 54.4 Å². The van der Waals surface area contributed by atoms with Crippen LogP contribution >= 0.6 is 0 Å². The van der Waals surface area contributed by atoms with Crippen LogP contribution in [0.25, 0.3) is 0 Å². The standard InChI is InChI=1S/C25H40O3/c1-5-18(23(27)28)16-10-12-24(3)17(14-16)6-7-19-21-9-8-20(15(2)26)25(21,4)13-11-22(19)24/h16-22H,5-14H2,1-4H3,(H,27,28)/t16-,17+,18?,19-,20+,21-,22-,24-,25+/m0/s1. The number of ketones is 1. The molecule has 0 aromatic carbocycles. The summed E-state index contributed by atoms with van der Waals surface area (Å²) in [4.78, 5) is 24.0. The number of carbonyl (C=O) groups is 2. The largest absolute Gasteiger partial charge is 0.481 e. The highest BCUT2D eigenvalue weighted by Gasteiger charge is 2.61. The van der Waals surface area contributed by atoms with Gasteiger partial charge in [-0.25, -0.2) is 0 Å². The Labute approximate surface area is 171 Å². The maximum Gasteiger partial charge on any atom is 0.306 e. The van der Waals surface area contributed by atoms with Crippen LogP contribution in [0.4, 0.5) is 0 Å². The van der Waals surface area contributed by atoms with E-state index in [0.29, 0.717) is 29.0 Å². The van der Waals surface area contributed by atoms with E-state index in [9.17, 15) is 14.7 Å². The molecule has 4 aliphatic rings. The average Bonchev–Trinajstić information content (AvgIpc) is 2.99. The van der Waals surface area contributed by atoms with E-state index in [2.05, 4.69) is 13.8 Å². The molecule has 1 N–H and O–H groups in total. The Balaban J connectivity index is 1.53. The van der Waals surface area contributed by atoms with Gasteiger partial charge in [0, 0.05) is 5.92 Å². The first kappa shape index (κ1) is 20.4. The van der Waals surface area contributed by atoms with Gasteiger partial charge < -0.3 is 5.11 Å². The number of Topliss-reactive ketones (excluding diaryl/α,β-unsaturated/α-hetero) is 1. The molecule has 4 aliphatic carbocycles. The molecule has 28 heavy (non-hydrogen) atoms. The molecule has 0 aromatic heterocycles. The molecule has 4 fully saturated rings. The fourth-order valence-electron chi connectivity index (χ4n) is 9.03. The average molecular weight is 389 g/mol. The minimum absolute atomic E-state index is 0.150. The van der Waals surface area contributed by atoms with Gasteiger partial charge in [-0.05, 0) is 112 Å². The van der Waals surface area contributed by atoms with E-state index in [-0.39, 0.29) is 11.3 Å². The van der Waals surface area contributed by atoms with Crippen LogP contribution in [0.2, 0.25) is 0 Å². The van der Waals surface area contributed by atoms with Gasteiger partial charge in [0.25, 0.3) is 0 Å². The first-order valence-corrected chi connectivity index (χ1v) is 12.0. The summed E-state index contributed by atoms with van der Waals surface area (Å²) in [5.74, 6) is 3.38. The molecule has 0 spiro atoms. The second-order valence-electron chi connectivity index (χ2n) is 11.3. The minimum atomic E-state index is -0.584. The highest BCUT2D eigenvalue weighted by molar-refractivity contribution is 5.79. The van der Waals surface area contributed by atoms with Crippen LogP contribution in [0.5, 0.6) is 0 Å². The van der Waals surface area contributed by atoms with Crippen molar-refractivity contribution < 1.29 is 14.7 Å². The summed E-state index contributed by atoms with van der Waals surface area (Å²) in [6.45, 7) is 8.83. The Morgan fingerprint density at radius 3 is 2.29 bits per heavy atom. The van der Waals surface area contributed by atoms with Crippen molar-refractivity contribution in [2.24, 2.45) is 52.3 Å². The number of carbonyl (C=O) groups excluding carboxylic acids is 1. The summed E-state index contributed by atoms with van der Waals surface area (Å²) < 4.78 is 0. The zero-order chi connectivity index (χ0) is 20.3. The van der Waals surface area contributed by atoms with Gasteiger partial charge in [0.2, 0.25) is 0 Å². The lowest BCUT2D eigenvalue weighted by molar-refractivity contribution is -0.150. The van der Waals surface area contributed by atoms with Gasteiger partial charge >= 0.3 is 5.97 Å². The van der Waals surface area contributed by atoms with Crippen molar-refractivity contribution in [3.63, 3.8) is 0 Å². The van der Waals surface area contributed by atoms with E-state index >= 15 is 0 Å². The first-order valence-electron chi connectivity index (χ1n) is 12.0. The van der Waals surface area contributed by atoms with Gasteiger partial charge in [0.05, 0.1) is 5.92 Å². The second kappa shape index (κ2) is 7.13. The maximum atomic E-state index is 12.3. The molecule has 1 unspecified atom stereocenters. The third-order valence-corrected chi connectivity index (χ3v) is 10.5. The second-order valence-corrected chi connectivity index (χ2v) is 11.3. The van der Waals surface area contributed by atoms with Crippen LogP contribution in [0.3, 0.4) is 0 Å². The van der Waals surface area contributed by atoms with Crippen LogP contribution in [0, 0.1) is 52.3 Å². The number of hydrogen-bond donors (Lipinski definition) is 1. The number of carboxylic acids is 1. The van der Waals surface area contributed by atoms with E-state index < -0.39 is 5.97 Å². The van der Waals surface area contributed by atoms with Crippen molar-refractivity contribution in [2.45, 2.75) is 91.9 Å². The number of hydrogen-bond acceptors (Lipinski definition) is 2. The summed E-state index contributed by atoms with van der Waals surface area (Å²) in [5.41, 5.74) is 0.635. The van der Waals surface area contributed by atoms with Gasteiger partial charge in [0.1, 0.15) is 5.78 Å². The molecule has 0 saturated heterocycles. The van der Waals surface area contributed by atoms with Crippen LogP contribution in [0.1, 0.15) is 91.9 Å². The molecule has 3 heteroatoms. The van der Waals surface area contributed by atoms with Crippen molar-refractivity contribution in [3.05, 3.63) is 0 Å². The molecule has 4 rings (SSSR count). The number of fused-ring (bicyclic) bond motifs is 5. The Hall–Kier alpha value is -0.860. The molecule has 0 heterocycles. The predicted octanol–water partition coefficient (Wildman–Crippen LogP) is 5.96. The highest BCUT2D eigenvalue weighted by Crippen LogP contribution is 2.68. The Morgan fingerprint density at radius 1 is 0.964 bits per heavy atom. The molecule has 0 radical (unpaired) electrons. The molecule has 0 amide bonds. The monoisotopic (exact) mass is 388 g/mol. The third kappa shape index (κ3) is 2.89. The molecule has 0 aromatic rings. The fraction of sp³-hybridized carbons (Fsp3) is 0.920. The smallest absolute Gasteiger partial charge is 0.306 e. The number of aliphatic carboxylic acids is 1.